The zero-order chi connectivity index (χ0) is 18.8. The van der Waals surface area contributed by atoms with Crippen molar-refractivity contribution >= 4 is 11.6 Å². The van der Waals surface area contributed by atoms with E-state index in [1.165, 1.54) is 10.6 Å². The quantitative estimate of drug-likeness (QED) is 0.595. The van der Waals surface area contributed by atoms with Gasteiger partial charge in [-0.15, -0.1) is 0 Å². The zero-order valence-corrected chi connectivity index (χ0v) is 14.5. The third-order valence-corrected chi connectivity index (χ3v) is 4.19. The lowest BCUT2D eigenvalue weighted by Gasteiger charge is -2.08. The number of hydrogen-bond acceptors (Lipinski definition) is 5. The van der Waals surface area contributed by atoms with Crippen LogP contribution in [0.3, 0.4) is 0 Å². The van der Waals surface area contributed by atoms with Crippen molar-refractivity contribution in [2.75, 3.05) is 0 Å². The fourth-order valence-electron chi connectivity index (χ4n) is 2.78. The van der Waals surface area contributed by atoms with Crippen molar-refractivity contribution in [2.24, 2.45) is 0 Å². The van der Waals surface area contributed by atoms with Gasteiger partial charge in [-0.2, -0.15) is 0 Å². The normalized spacial score (nSPS) is 10.9. The van der Waals surface area contributed by atoms with Gasteiger partial charge >= 0.3 is 0 Å². The van der Waals surface area contributed by atoms with Crippen LogP contribution in [0.5, 0.6) is 0 Å². The van der Waals surface area contributed by atoms with Crippen LogP contribution in [0.2, 0.25) is 0 Å². The summed E-state index contributed by atoms with van der Waals surface area (Å²) in [7, 11) is 0. The summed E-state index contributed by atoms with van der Waals surface area (Å²) in [5.74, 6) is 1.06. The third-order valence-electron chi connectivity index (χ3n) is 4.19. The number of hydrogen-bond donors (Lipinski definition) is 1. The van der Waals surface area contributed by atoms with Crippen LogP contribution in [-0.2, 0) is 6.54 Å². The molecule has 0 bridgehead atoms. The van der Waals surface area contributed by atoms with E-state index in [1.54, 1.807) is 36.8 Å². The molecule has 4 aromatic heterocycles. The Hall–Kier alpha value is -3.81. The standard InChI is InChI=1S/C19H16N6O2/c1-13-20-7-9-24(13)17-10-14(5-6-21-17)11-23-18(26)15-12-22-16-4-2-3-8-25(16)19(15)27/h2-10,12H,11H2,1H3,(H,23,26). The van der Waals surface area contributed by atoms with Crippen LogP contribution in [0, 0.1) is 6.92 Å². The minimum Gasteiger partial charge on any atom is -0.348 e. The van der Waals surface area contributed by atoms with Crippen LogP contribution in [0.1, 0.15) is 21.7 Å². The van der Waals surface area contributed by atoms with E-state index in [0.29, 0.717) is 11.5 Å². The Morgan fingerprint density at radius 2 is 2.00 bits per heavy atom. The second kappa shape index (κ2) is 6.83. The Balaban J connectivity index is 1.54. The van der Waals surface area contributed by atoms with Crippen LogP contribution >= 0.6 is 0 Å². The maximum atomic E-state index is 12.5. The Kier molecular flexibility index (Phi) is 4.21. The Labute approximate surface area is 154 Å². The molecule has 4 rings (SSSR count). The number of amides is 1. The number of fused-ring (bicyclic) bond motifs is 1. The van der Waals surface area contributed by atoms with E-state index in [1.807, 2.05) is 29.8 Å². The van der Waals surface area contributed by atoms with Gasteiger partial charge in [0.1, 0.15) is 22.9 Å². The monoisotopic (exact) mass is 360 g/mol. The molecular formula is C19H16N6O2. The van der Waals surface area contributed by atoms with Crippen molar-refractivity contribution < 1.29 is 4.79 Å². The van der Waals surface area contributed by atoms with Gasteiger partial charge in [-0.25, -0.2) is 15.0 Å². The summed E-state index contributed by atoms with van der Waals surface area (Å²) in [6.45, 7) is 2.15. The first-order valence-electron chi connectivity index (χ1n) is 8.33. The number of aryl methyl sites for hydroxylation is 1. The summed E-state index contributed by atoms with van der Waals surface area (Å²) in [4.78, 5) is 37.6. The highest BCUT2D eigenvalue weighted by molar-refractivity contribution is 5.93. The van der Waals surface area contributed by atoms with Crippen LogP contribution < -0.4 is 10.9 Å². The number of carbonyl (C=O) groups excluding carboxylic acids is 1. The minimum absolute atomic E-state index is 0.00145. The summed E-state index contributed by atoms with van der Waals surface area (Å²) >= 11 is 0. The number of rotatable bonds is 4. The lowest BCUT2D eigenvalue weighted by Crippen LogP contribution is -2.31. The number of imidazole rings is 1. The van der Waals surface area contributed by atoms with Crippen molar-refractivity contribution in [1.29, 1.82) is 0 Å². The van der Waals surface area contributed by atoms with Gasteiger partial charge in [0, 0.05) is 37.5 Å². The first kappa shape index (κ1) is 16.6. The van der Waals surface area contributed by atoms with Crippen molar-refractivity contribution in [3.05, 3.63) is 88.6 Å². The molecule has 0 atom stereocenters. The molecule has 0 radical (unpaired) electrons. The largest absolute Gasteiger partial charge is 0.348 e. The van der Waals surface area contributed by atoms with Gasteiger partial charge < -0.3 is 5.32 Å². The Morgan fingerprint density at radius 3 is 2.81 bits per heavy atom. The first-order chi connectivity index (χ1) is 13.1. The predicted octanol–water partition coefficient (Wildman–Crippen LogP) is 1.51. The number of nitrogens with one attached hydrogen (secondary N) is 1. The molecule has 1 N–H and O–H groups in total. The Morgan fingerprint density at radius 1 is 1.11 bits per heavy atom. The second-order valence-electron chi connectivity index (χ2n) is 5.96. The van der Waals surface area contributed by atoms with Crippen LogP contribution in [-0.4, -0.2) is 29.8 Å². The van der Waals surface area contributed by atoms with Crippen LogP contribution in [0.25, 0.3) is 11.5 Å². The van der Waals surface area contributed by atoms with E-state index in [-0.39, 0.29) is 12.1 Å². The van der Waals surface area contributed by atoms with Gasteiger partial charge in [0.25, 0.3) is 11.5 Å². The fraction of sp³-hybridized carbons (Fsp3) is 0.105. The smallest absolute Gasteiger partial charge is 0.270 e. The number of aromatic nitrogens is 5. The minimum atomic E-state index is -0.470. The topological polar surface area (TPSA) is 94.2 Å². The van der Waals surface area contributed by atoms with Gasteiger partial charge in [-0.3, -0.25) is 18.6 Å². The first-order valence-corrected chi connectivity index (χ1v) is 8.33. The van der Waals surface area contributed by atoms with Gasteiger partial charge in [-0.05, 0) is 36.8 Å². The van der Waals surface area contributed by atoms with Gasteiger partial charge in [-0.1, -0.05) is 6.07 Å². The van der Waals surface area contributed by atoms with E-state index in [0.717, 1.165) is 11.4 Å². The molecule has 0 aromatic carbocycles. The summed E-state index contributed by atoms with van der Waals surface area (Å²) in [6.07, 6.45) is 8.08. The highest BCUT2D eigenvalue weighted by atomic mass is 16.2. The molecule has 0 saturated heterocycles. The van der Waals surface area contributed by atoms with Crippen LogP contribution in [0.4, 0.5) is 0 Å². The van der Waals surface area contributed by atoms with Gasteiger partial charge in [0.15, 0.2) is 0 Å². The lowest BCUT2D eigenvalue weighted by atomic mass is 10.2. The van der Waals surface area contributed by atoms with Crippen molar-refractivity contribution in [2.45, 2.75) is 13.5 Å². The van der Waals surface area contributed by atoms with E-state index in [4.69, 9.17) is 0 Å². The SMILES string of the molecule is Cc1nccn1-c1cc(CNC(=O)c2cnc3ccccn3c2=O)ccn1. The molecule has 0 aliphatic carbocycles. The Bertz CT molecular complexity index is 1190. The molecule has 1 amide bonds. The molecule has 8 nitrogen and oxygen atoms in total. The number of nitrogens with zero attached hydrogens (tertiary/aromatic N) is 5. The molecule has 4 heterocycles. The predicted molar refractivity (Wildman–Crippen MR) is 98.7 cm³/mol. The van der Waals surface area contributed by atoms with Crippen molar-refractivity contribution in [3.8, 4) is 5.82 Å². The average molecular weight is 360 g/mol. The maximum Gasteiger partial charge on any atom is 0.270 e. The van der Waals surface area contributed by atoms with Gasteiger partial charge in [0.05, 0.1) is 0 Å². The summed E-state index contributed by atoms with van der Waals surface area (Å²) in [6, 6.07) is 8.88. The van der Waals surface area contributed by atoms with Gasteiger partial charge in [0.2, 0.25) is 0 Å². The number of pyridine rings is 2. The summed E-state index contributed by atoms with van der Waals surface area (Å²) < 4.78 is 3.20. The zero-order valence-electron chi connectivity index (χ0n) is 14.5. The van der Waals surface area contributed by atoms with E-state index < -0.39 is 11.5 Å². The van der Waals surface area contributed by atoms with Crippen molar-refractivity contribution in [3.63, 3.8) is 0 Å². The molecule has 0 saturated carbocycles. The lowest BCUT2D eigenvalue weighted by molar-refractivity contribution is 0.0949. The van der Waals surface area contributed by atoms with Crippen LogP contribution in [0.15, 0.2) is 66.1 Å². The molecule has 134 valence electrons. The fourth-order valence-corrected chi connectivity index (χ4v) is 2.78. The summed E-state index contributed by atoms with van der Waals surface area (Å²) in [5, 5.41) is 2.76. The maximum absolute atomic E-state index is 12.5. The van der Waals surface area contributed by atoms with E-state index in [9.17, 15) is 9.59 Å². The number of carbonyl (C=O) groups is 1. The average Bonchev–Trinajstić information content (AvgIpc) is 3.13. The molecule has 8 heteroatoms. The molecule has 27 heavy (non-hydrogen) atoms. The molecule has 0 unspecified atom stereocenters. The molecule has 0 spiro atoms. The summed E-state index contributed by atoms with van der Waals surface area (Å²) in [5.41, 5.74) is 0.949. The highest BCUT2D eigenvalue weighted by Gasteiger charge is 2.13. The van der Waals surface area contributed by atoms with E-state index >= 15 is 0 Å². The molecule has 0 fully saturated rings. The molecule has 0 aliphatic rings. The molecule has 4 aromatic rings. The second-order valence-corrected chi connectivity index (χ2v) is 5.96. The highest BCUT2D eigenvalue weighted by Crippen LogP contribution is 2.09. The van der Waals surface area contributed by atoms with E-state index in [2.05, 4.69) is 20.3 Å². The third kappa shape index (κ3) is 3.20. The molecule has 0 aliphatic heterocycles. The molecular weight excluding hydrogens is 344 g/mol. The van der Waals surface area contributed by atoms with Crippen molar-refractivity contribution in [1.82, 2.24) is 29.2 Å².